The van der Waals surface area contributed by atoms with E-state index in [1.165, 1.54) is 0 Å². The van der Waals surface area contributed by atoms with Gasteiger partial charge in [0.25, 0.3) is 0 Å². The van der Waals surface area contributed by atoms with Gasteiger partial charge >= 0.3 is 0 Å². The lowest BCUT2D eigenvalue weighted by Crippen LogP contribution is -2.00. The Hall–Kier alpha value is -3.80. The number of nitrogens with one attached hydrogen (secondary N) is 1. The summed E-state index contributed by atoms with van der Waals surface area (Å²) in [4.78, 5) is 18.0. The molecule has 0 radical (unpaired) electrons. The van der Waals surface area contributed by atoms with E-state index < -0.39 is 0 Å². The van der Waals surface area contributed by atoms with Gasteiger partial charge in [-0.3, -0.25) is 9.97 Å². The van der Waals surface area contributed by atoms with E-state index in [0.717, 1.165) is 22.8 Å². The van der Waals surface area contributed by atoms with Gasteiger partial charge in [-0.15, -0.1) is 0 Å². The number of rotatable bonds is 5. The van der Waals surface area contributed by atoms with E-state index in [1.54, 1.807) is 19.5 Å². The quantitative estimate of drug-likeness (QED) is 0.574. The number of pyridine rings is 2. The third-order valence-corrected chi connectivity index (χ3v) is 3.91. The van der Waals surface area contributed by atoms with E-state index in [-0.39, 0.29) is 0 Å². The summed E-state index contributed by atoms with van der Waals surface area (Å²) in [6, 6.07) is 20.9. The molecule has 3 heterocycles. The highest BCUT2D eigenvalue weighted by molar-refractivity contribution is 5.67. The first-order chi connectivity index (χ1) is 13.3. The van der Waals surface area contributed by atoms with Crippen LogP contribution >= 0.6 is 0 Å². The summed E-state index contributed by atoms with van der Waals surface area (Å²) in [6.07, 6.45) is 3.47. The van der Waals surface area contributed by atoms with Crippen molar-refractivity contribution in [2.45, 2.75) is 0 Å². The van der Waals surface area contributed by atoms with Crippen molar-refractivity contribution in [3.63, 3.8) is 0 Å². The molecule has 4 aromatic rings. The zero-order valence-corrected chi connectivity index (χ0v) is 14.7. The molecule has 6 heteroatoms. The number of methoxy groups -OCH3 is 1. The van der Waals surface area contributed by atoms with Gasteiger partial charge in [0.2, 0.25) is 0 Å². The Labute approximate surface area is 157 Å². The fraction of sp³-hybridized carbons (Fsp3) is 0.0476. The van der Waals surface area contributed by atoms with Crippen molar-refractivity contribution in [1.82, 2.24) is 19.9 Å². The molecular weight excluding hydrogens is 338 g/mol. The van der Waals surface area contributed by atoms with E-state index in [4.69, 9.17) is 4.74 Å². The lowest BCUT2D eigenvalue weighted by atomic mass is 10.2. The van der Waals surface area contributed by atoms with E-state index in [2.05, 4.69) is 25.3 Å². The number of ether oxygens (including phenoxy) is 1. The fourth-order valence-corrected chi connectivity index (χ4v) is 2.59. The molecule has 6 nitrogen and oxygen atoms in total. The van der Waals surface area contributed by atoms with E-state index >= 15 is 0 Å². The Kier molecular flexibility index (Phi) is 4.70. The molecular formula is C21H17N5O. The highest BCUT2D eigenvalue weighted by Crippen LogP contribution is 2.25. The smallest absolute Gasteiger partial charge is 0.180 e. The van der Waals surface area contributed by atoms with E-state index in [0.29, 0.717) is 17.3 Å². The Morgan fingerprint density at radius 3 is 2.07 bits per heavy atom. The second-order valence-electron chi connectivity index (χ2n) is 5.75. The summed E-state index contributed by atoms with van der Waals surface area (Å²) in [5.74, 6) is 2.00. The maximum atomic E-state index is 5.20. The minimum Gasteiger partial charge on any atom is -0.497 e. The first-order valence-electron chi connectivity index (χ1n) is 8.45. The molecule has 27 heavy (non-hydrogen) atoms. The molecule has 0 atom stereocenters. The highest BCUT2D eigenvalue weighted by atomic mass is 16.5. The first-order valence-corrected chi connectivity index (χ1v) is 8.45. The molecule has 0 saturated carbocycles. The van der Waals surface area contributed by atoms with Crippen molar-refractivity contribution < 1.29 is 4.74 Å². The van der Waals surface area contributed by atoms with Crippen LogP contribution in [0.4, 0.5) is 11.5 Å². The first kappa shape index (κ1) is 16.7. The van der Waals surface area contributed by atoms with Gasteiger partial charge in [0.15, 0.2) is 5.82 Å². The lowest BCUT2D eigenvalue weighted by molar-refractivity contribution is 0.415. The molecule has 0 bridgehead atoms. The molecule has 1 aromatic carbocycles. The number of aromatic nitrogens is 4. The highest BCUT2D eigenvalue weighted by Gasteiger charge is 2.10. The van der Waals surface area contributed by atoms with Gasteiger partial charge in [0.05, 0.1) is 18.5 Å². The zero-order valence-electron chi connectivity index (χ0n) is 14.7. The summed E-state index contributed by atoms with van der Waals surface area (Å²) in [7, 11) is 1.64. The summed E-state index contributed by atoms with van der Waals surface area (Å²) in [6.45, 7) is 0. The van der Waals surface area contributed by atoms with Gasteiger partial charge in [0.1, 0.15) is 17.3 Å². The predicted molar refractivity (Wildman–Crippen MR) is 105 cm³/mol. The predicted octanol–water partition coefficient (Wildman–Crippen LogP) is 4.35. The molecule has 0 aliphatic rings. The van der Waals surface area contributed by atoms with Crippen LogP contribution in [0, 0.1) is 0 Å². The maximum Gasteiger partial charge on any atom is 0.180 e. The van der Waals surface area contributed by atoms with E-state index in [9.17, 15) is 0 Å². The number of hydrogen-bond acceptors (Lipinski definition) is 6. The van der Waals surface area contributed by atoms with Crippen LogP contribution in [-0.4, -0.2) is 27.0 Å². The second-order valence-corrected chi connectivity index (χ2v) is 5.75. The molecule has 0 spiro atoms. The van der Waals surface area contributed by atoms with Crippen LogP contribution in [0.1, 0.15) is 0 Å². The van der Waals surface area contributed by atoms with Crippen molar-refractivity contribution in [3.8, 4) is 28.7 Å². The average molecular weight is 355 g/mol. The number of anilines is 2. The molecule has 132 valence electrons. The topological polar surface area (TPSA) is 72.8 Å². The van der Waals surface area contributed by atoms with Crippen LogP contribution < -0.4 is 10.1 Å². The standard InChI is InChI=1S/C21H17N5O/c1-27-16-10-8-15(9-11-16)24-20-14-19(17-6-2-4-12-22-17)25-21(26-20)18-7-3-5-13-23-18/h2-14H,1H3,(H,24,25,26). The van der Waals surface area contributed by atoms with E-state index in [1.807, 2.05) is 66.7 Å². The van der Waals surface area contributed by atoms with Crippen molar-refractivity contribution in [3.05, 3.63) is 79.1 Å². The second kappa shape index (κ2) is 7.61. The molecule has 0 fully saturated rings. The van der Waals surface area contributed by atoms with Crippen LogP contribution in [0.15, 0.2) is 79.1 Å². The molecule has 4 rings (SSSR count). The monoisotopic (exact) mass is 355 g/mol. The molecule has 0 aliphatic heterocycles. The number of hydrogen-bond donors (Lipinski definition) is 1. The maximum absolute atomic E-state index is 5.20. The molecule has 0 unspecified atom stereocenters. The summed E-state index contributed by atoms with van der Waals surface area (Å²) >= 11 is 0. The number of benzene rings is 1. The Balaban J connectivity index is 1.75. The Morgan fingerprint density at radius 2 is 1.44 bits per heavy atom. The largest absolute Gasteiger partial charge is 0.497 e. The van der Waals surface area contributed by atoms with Crippen LogP contribution in [0.25, 0.3) is 22.9 Å². The van der Waals surface area contributed by atoms with Gasteiger partial charge in [-0.05, 0) is 48.5 Å². The van der Waals surface area contributed by atoms with Crippen molar-refractivity contribution in [1.29, 1.82) is 0 Å². The normalized spacial score (nSPS) is 10.4. The van der Waals surface area contributed by atoms with Crippen molar-refractivity contribution in [2.75, 3.05) is 12.4 Å². The van der Waals surface area contributed by atoms with Crippen LogP contribution in [0.5, 0.6) is 5.75 Å². The minimum absolute atomic E-state index is 0.537. The lowest BCUT2D eigenvalue weighted by Gasteiger charge is -2.10. The minimum atomic E-state index is 0.537. The Morgan fingerprint density at radius 1 is 0.741 bits per heavy atom. The third-order valence-electron chi connectivity index (χ3n) is 3.91. The average Bonchev–Trinajstić information content (AvgIpc) is 2.75. The van der Waals surface area contributed by atoms with Crippen molar-refractivity contribution >= 4 is 11.5 Å². The number of nitrogens with zero attached hydrogens (tertiary/aromatic N) is 4. The molecule has 1 N–H and O–H groups in total. The third kappa shape index (κ3) is 3.90. The van der Waals surface area contributed by atoms with Gasteiger partial charge in [-0.2, -0.15) is 0 Å². The van der Waals surface area contributed by atoms with Gasteiger partial charge in [-0.25, -0.2) is 9.97 Å². The molecule has 0 aliphatic carbocycles. The summed E-state index contributed by atoms with van der Waals surface area (Å²) in [5.41, 5.74) is 3.10. The van der Waals surface area contributed by atoms with Crippen LogP contribution in [0.2, 0.25) is 0 Å². The van der Waals surface area contributed by atoms with Gasteiger partial charge in [0, 0.05) is 24.1 Å². The van der Waals surface area contributed by atoms with Crippen LogP contribution in [0.3, 0.4) is 0 Å². The van der Waals surface area contributed by atoms with Crippen LogP contribution in [-0.2, 0) is 0 Å². The summed E-state index contributed by atoms with van der Waals surface area (Å²) < 4.78 is 5.20. The van der Waals surface area contributed by atoms with Crippen molar-refractivity contribution in [2.24, 2.45) is 0 Å². The molecule has 0 amide bonds. The SMILES string of the molecule is COc1ccc(Nc2cc(-c3ccccn3)nc(-c3ccccn3)n2)cc1. The fourth-order valence-electron chi connectivity index (χ4n) is 2.59. The zero-order chi connectivity index (χ0) is 18.5. The molecule has 3 aromatic heterocycles. The Bertz CT molecular complexity index is 964. The summed E-state index contributed by atoms with van der Waals surface area (Å²) in [5, 5.41) is 3.31. The van der Waals surface area contributed by atoms with Gasteiger partial charge in [-0.1, -0.05) is 12.1 Å². The molecule has 0 saturated heterocycles. The van der Waals surface area contributed by atoms with Gasteiger partial charge < -0.3 is 10.1 Å².